The fraction of sp³-hybridized carbons (Fsp3) is 0.619. The minimum Gasteiger partial charge on any atom is -0.444 e. The van der Waals surface area contributed by atoms with Gasteiger partial charge in [0.05, 0.1) is 13.2 Å². The minimum atomic E-state index is -0.477. The number of aliphatic imine (C=N–C) groups is 1. The highest BCUT2D eigenvalue weighted by molar-refractivity contribution is 14.0. The first kappa shape index (κ1) is 25.5. The number of carbonyl (C=O) groups is 1. The highest BCUT2D eigenvalue weighted by atomic mass is 127. The zero-order valence-corrected chi connectivity index (χ0v) is 20.3. The van der Waals surface area contributed by atoms with E-state index in [1.165, 1.54) is 0 Å². The van der Waals surface area contributed by atoms with Crippen LogP contribution in [0.5, 0.6) is 0 Å². The number of hydrogen-bond acceptors (Lipinski definition) is 4. The summed E-state index contributed by atoms with van der Waals surface area (Å²) in [5.74, 6) is 0.722. The summed E-state index contributed by atoms with van der Waals surface area (Å²) < 4.78 is 11.2. The number of nitrogens with zero attached hydrogens (tertiary/aromatic N) is 2. The van der Waals surface area contributed by atoms with Crippen molar-refractivity contribution in [2.45, 2.75) is 51.9 Å². The summed E-state index contributed by atoms with van der Waals surface area (Å²) in [5, 5.41) is 6.66. The Morgan fingerprint density at radius 2 is 2.00 bits per heavy atom. The van der Waals surface area contributed by atoms with Crippen molar-refractivity contribution in [2.75, 3.05) is 33.3 Å². The number of likely N-dealkylation sites (tertiary alicyclic amines) is 1. The first-order valence-corrected chi connectivity index (χ1v) is 9.94. The zero-order valence-electron chi connectivity index (χ0n) is 17.9. The number of benzene rings is 1. The highest BCUT2D eigenvalue weighted by Gasteiger charge is 2.27. The molecule has 0 radical (unpaired) electrons. The average Bonchev–Trinajstić information content (AvgIpc) is 2.66. The van der Waals surface area contributed by atoms with Crippen molar-refractivity contribution >= 4 is 36.0 Å². The standard InChI is InChI=1S/C21H34N4O3.HI/c1-21(2,3)28-20(26)25-13-8-11-18(15-25)24-19(22-4)23-12-14-27-16-17-9-6-5-7-10-17;/h5-7,9-10,18H,8,11-16H2,1-4H3,(H2,22,23,24);1H. The van der Waals surface area contributed by atoms with Crippen LogP contribution in [0.2, 0.25) is 0 Å². The number of piperidine rings is 1. The van der Waals surface area contributed by atoms with Crippen molar-refractivity contribution in [1.82, 2.24) is 15.5 Å². The van der Waals surface area contributed by atoms with E-state index in [-0.39, 0.29) is 36.1 Å². The lowest BCUT2D eigenvalue weighted by molar-refractivity contribution is 0.0193. The number of halogens is 1. The SMILES string of the molecule is CN=C(NCCOCc1ccccc1)NC1CCCN(C(=O)OC(C)(C)C)C1.I. The molecule has 1 fully saturated rings. The monoisotopic (exact) mass is 518 g/mol. The number of hydrogen-bond donors (Lipinski definition) is 2. The number of carbonyl (C=O) groups excluding carboxylic acids is 1. The van der Waals surface area contributed by atoms with Gasteiger partial charge in [0.15, 0.2) is 5.96 Å². The van der Waals surface area contributed by atoms with Crippen LogP contribution in [0.15, 0.2) is 35.3 Å². The first-order valence-electron chi connectivity index (χ1n) is 9.94. The maximum atomic E-state index is 12.3. The van der Waals surface area contributed by atoms with Gasteiger partial charge in [-0.25, -0.2) is 4.79 Å². The summed E-state index contributed by atoms with van der Waals surface area (Å²) in [6, 6.07) is 10.3. The molecule has 1 aromatic carbocycles. The molecule has 1 aromatic rings. The molecule has 0 bridgehead atoms. The van der Waals surface area contributed by atoms with E-state index in [0.29, 0.717) is 26.3 Å². The Hall–Kier alpha value is -1.55. The Morgan fingerprint density at radius 3 is 2.66 bits per heavy atom. The van der Waals surface area contributed by atoms with Crippen LogP contribution in [0.1, 0.15) is 39.2 Å². The minimum absolute atomic E-state index is 0. The Kier molecular flexibility index (Phi) is 11.3. The average molecular weight is 518 g/mol. The van der Waals surface area contributed by atoms with Crippen molar-refractivity contribution in [3.05, 3.63) is 35.9 Å². The molecule has 1 aliphatic heterocycles. The predicted octanol–water partition coefficient (Wildman–Crippen LogP) is 3.39. The van der Waals surface area contributed by atoms with E-state index in [2.05, 4.69) is 15.6 Å². The molecule has 2 N–H and O–H groups in total. The van der Waals surface area contributed by atoms with E-state index in [9.17, 15) is 4.79 Å². The van der Waals surface area contributed by atoms with E-state index in [4.69, 9.17) is 9.47 Å². The molecule has 0 saturated carbocycles. The molecule has 1 saturated heterocycles. The molecular weight excluding hydrogens is 483 g/mol. The fourth-order valence-electron chi connectivity index (χ4n) is 2.98. The molecule has 1 heterocycles. The lowest BCUT2D eigenvalue weighted by Crippen LogP contribution is -2.53. The van der Waals surface area contributed by atoms with Crippen molar-refractivity contribution in [1.29, 1.82) is 0 Å². The Labute approximate surface area is 191 Å². The maximum absolute atomic E-state index is 12.3. The van der Waals surface area contributed by atoms with Crippen LogP contribution in [0.3, 0.4) is 0 Å². The van der Waals surface area contributed by atoms with E-state index in [1.807, 2.05) is 51.1 Å². The molecule has 164 valence electrons. The molecule has 0 spiro atoms. The van der Waals surface area contributed by atoms with Gasteiger partial charge >= 0.3 is 6.09 Å². The van der Waals surface area contributed by atoms with Gasteiger partial charge in [-0.05, 0) is 39.2 Å². The summed E-state index contributed by atoms with van der Waals surface area (Å²) in [5.41, 5.74) is 0.684. The molecule has 1 atom stereocenters. The van der Waals surface area contributed by atoms with Gasteiger partial charge in [-0.3, -0.25) is 4.99 Å². The quantitative estimate of drug-likeness (QED) is 0.262. The second kappa shape index (κ2) is 12.9. The van der Waals surface area contributed by atoms with Gasteiger partial charge in [0.25, 0.3) is 0 Å². The molecule has 0 aliphatic carbocycles. The molecule has 2 rings (SSSR count). The largest absolute Gasteiger partial charge is 0.444 e. The predicted molar refractivity (Wildman–Crippen MR) is 127 cm³/mol. The molecule has 1 aliphatic rings. The third-order valence-corrected chi connectivity index (χ3v) is 4.29. The van der Waals surface area contributed by atoms with Crippen molar-refractivity contribution < 1.29 is 14.3 Å². The molecular formula is C21H35IN4O3. The second-order valence-electron chi connectivity index (χ2n) is 7.95. The molecule has 29 heavy (non-hydrogen) atoms. The second-order valence-corrected chi connectivity index (χ2v) is 7.95. The van der Waals surface area contributed by atoms with Gasteiger partial charge < -0.3 is 25.0 Å². The number of ether oxygens (including phenoxy) is 2. The molecule has 0 aromatic heterocycles. The number of amides is 1. The van der Waals surface area contributed by atoms with Crippen LogP contribution in [0.25, 0.3) is 0 Å². The van der Waals surface area contributed by atoms with Crippen LogP contribution < -0.4 is 10.6 Å². The van der Waals surface area contributed by atoms with Crippen LogP contribution >= 0.6 is 24.0 Å². The van der Waals surface area contributed by atoms with Gasteiger partial charge in [0.1, 0.15) is 5.60 Å². The van der Waals surface area contributed by atoms with E-state index >= 15 is 0 Å². The number of guanidine groups is 1. The van der Waals surface area contributed by atoms with Crippen molar-refractivity contribution in [2.24, 2.45) is 4.99 Å². The summed E-state index contributed by atoms with van der Waals surface area (Å²) >= 11 is 0. The maximum Gasteiger partial charge on any atom is 0.410 e. The van der Waals surface area contributed by atoms with Crippen molar-refractivity contribution in [3.63, 3.8) is 0 Å². The van der Waals surface area contributed by atoms with Gasteiger partial charge in [-0.1, -0.05) is 30.3 Å². The lowest BCUT2D eigenvalue weighted by Gasteiger charge is -2.35. The lowest BCUT2D eigenvalue weighted by atomic mass is 10.1. The number of nitrogens with one attached hydrogen (secondary N) is 2. The van der Waals surface area contributed by atoms with Gasteiger partial charge in [-0.2, -0.15) is 0 Å². The van der Waals surface area contributed by atoms with Gasteiger partial charge in [0.2, 0.25) is 0 Å². The zero-order chi connectivity index (χ0) is 20.4. The molecule has 7 nitrogen and oxygen atoms in total. The highest BCUT2D eigenvalue weighted by Crippen LogP contribution is 2.15. The molecule has 1 amide bonds. The molecule has 8 heteroatoms. The third-order valence-electron chi connectivity index (χ3n) is 4.29. The van der Waals surface area contributed by atoms with Crippen LogP contribution in [0, 0.1) is 0 Å². The summed E-state index contributed by atoms with van der Waals surface area (Å²) in [4.78, 5) is 18.3. The smallest absolute Gasteiger partial charge is 0.410 e. The van der Waals surface area contributed by atoms with E-state index < -0.39 is 5.60 Å². The number of rotatable bonds is 6. The van der Waals surface area contributed by atoms with E-state index in [0.717, 1.165) is 30.9 Å². The fourth-order valence-corrected chi connectivity index (χ4v) is 2.98. The summed E-state index contributed by atoms with van der Waals surface area (Å²) in [6.07, 6.45) is 1.68. The van der Waals surface area contributed by atoms with Gasteiger partial charge in [0, 0.05) is 32.7 Å². The Bertz CT molecular complexity index is 635. The van der Waals surface area contributed by atoms with Crippen LogP contribution in [0.4, 0.5) is 4.79 Å². The molecule has 1 unspecified atom stereocenters. The van der Waals surface area contributed by atoms with Gasteiger partial charge in [-0.15, -0.1) is 24.0 Å². The summed E-state index contributed by atoms with van der Waals surface area (Å²) in [6.45, 7) is 8.84. The van der Waals surface area contributed by atoms with E-state index in [1.54, 1.807) is 11.9 Å². The van der Waals surface area contributed by atoms with Crippen LogP contribution in [-0.2, 0) is 16.1 Å². The summed E-state index contributed by atoms with van der Waals surface area (Å²) in [7, 11) is 1.74. The topological polar surface area (TPSA) is 75.2 Å². The third kappa shape index (κ3) is 10.2. The Morgan fingerprint density at radius 1 is 1.28 bits per heavy atom. The van der Waals surface area contributed by atoms with Crippen molar-refractivity contribution in [3.8, 4) is 0 Å². The normalized spacial score (nSPS) is 17.3. The Balaban J connectivity index is 0.00000420. The first-order chi connectivity index (χ1) is 13.4. The van der Waals surface area contributed by atoms with Crippen LogP contribution in [-0.4, -0.2) is 61.9 Å².